The summed E-state index contributed by atoms with van der Waals surface area (Å²) < 4.78 is 13.7. The lowest BCUT2D eigenvalue weighted by atomic mass is 10.6. The van der Waals surface area contributed by atoms with Crippen LogP contribution in [0.25, 0.3) is 0 Å². The van der Waals surface area contributed by atoms with Gasteiger partial charge in [0.1, 0.15) is 12.5 Å². The monoisotopic (exact) mass is 128 g/mol. The topological polar surface area (TPSA) is 17.8 Å². The van der Waals surface area contributed by atoms with Gasteiger partial charge in [-0.3, -0.25) is 0 Å². The molecule has 0 unspecified atom stereocenters. The zero-order valence-corrected chi connectivity index (χ0v) is 5.34. The molecule has 0 saturated heterocycles. The summed E-state index contributed by atoms with van der Waals surface area (Å²) in [6, 6.07) is 0. The summed E-state index contributed by atoms with van der Waals surface area (Å²) in [6.07, 6.45) is 3.38. The van der Waals surface area contributed by atoms with Crippen LogP contribution in [-0.4, -0.2) is 9.55 Å². The Morgan fingerprint density at radius 3 is 3.00 bits per heavy atom. The third kappa shape index (κ3) is 1.09. The molecule has 0 bridgehead atoms. The quantitative estimate of drug-likeness (QED) is 0.588. The maximum atomic E-state index is 11.9. The van der Waals surface area contributed by atoms with E-state index < -0.39 is 6.67 Å². The fourth-order valence-corrected chi connectivity index (χ4v) is 0.759. The van der Waals surface area contributed by atoms with Crippen molar-refractivity contribution in [3.8, 4) is 0 Å². The molecule has 2 nitrogen and oxygen atoms in total. The third-order valence-electron chi connectivity index (χ3n) is 1.26. The Hall–Kier alpha value is -0.860. The van der Waals surface area contributed by atoms with Crippen molar-refractivity contribution in [1.29, 1.82) is 0 Å². The van der Waals surface area contributed by atoms with Crippen LogP contribution in [0.1, 0.15) is 12.7 Å². The maximum Gasteiger partial charge on any atom is 0.147 e. The van der Waals surface area contributed by atoms with E-state index in [-0.39, 0.29) is 0 Å². The molecule has 0 aliphatic heterocycles. The van der Waals surface area contributed by atoms with Gasteiger partial charge in [0, 0.05) is 18.9 Å². The van der Waals surface area contributed by atoms with Crippen molar-refractivity contribution in [2.75, 3.05) is 0 Å². The molecule has 50 valence electrons. The Balaban J connectivity index is 2.85. The fourth-order valence-electron chi connectivity index (χ4n) is 0.759. The zero-order chi connectivity index (χ0) is 6.69. The van der Waals surface area contributed by atoms with Gasteiger partial charge < -0.3 is 4.57 Å². The Morgan fingerprint density at radius 1 is 1.78 bits per heavy atom. The standard InChI is InChI=1S/C6H9FN2/c1-2-9-4-3-8-6(9)5-7/h3-4H,2,5H2,1H3. The van der Waals surface area contributed by atoms with E-state index in [9.17, 15) is 4.39 Å². The SMILES string of the molecule is CCn1ccnc1CF. The van der Waals surface area contributed by atoms with Crippen LogP contribution in [0.2, 0.25) is 0 Å². The zero-order valence-electron chi connectivity index (χ0n) is 5.34. The molecule has 1 aromatic rings. The smallest absolute Gasteiger partial charge is 0.147 e. The maximum absolute atomic E-state index is 11.9. The normalized spacial score (nSPS) is 10.0. The number of imidazole rings is 1. The number of nitrogens with zero attached hydrogens (tertiary/aromatic N) is 2. The van der Waals surface area contributed by atoms with Gasteiger partial charge in [-0.2, -0.15) is 0 Å². The fraction of sp³-hybridized carbons (Fsp3) is 0.500. The van der Waals surface area contributed by atoms with Gasteiger partial charge >= 0.3 is 0 Å². The molecule has 0 spiro atoms. The molecule has 0 fully saturated rings. The lowest BCUT2D eigenvalue weighted by Gasteiger charge is -1.97. The second-order valence-corrected chi connectivity index (χ2v) is 1.76. The van der Waals surface area contributed by atoms with Crippen molar-refractivity contribution < 1.29 is 4.39 Å². The van der Waals surface area contributed by atoms with Crippen LogP contribution in [0, 0.1) is 0 Å². The highest BCUT2D eigenvalue weighted by Crippen LogP contribution is 1.97. The summed E-state index contributed by atoms with van der Waals surface area (Å²) in [6.45, 7) is 2.28. The van der Waals surface area contributed by atoms with Crippen LogP contribution in [0.4, 0.5) is 4.39 Å². The summed E-state index contributed by atoms with van der Waals surface area (Å²) in [4.78, 5) is 3.79. The summed E-state index contributed by atoms with van der Waals surface area (Å²) >= 11 is 0. The van der Waals surface area contributed by atoms with Crippen molar-refractivity contribution in [3.05, 3.63) is 18.2 Å². The molecule has 0 amide bonds. The predicted molar refractivity (Wildman–Crippen MR) is 32.7 cm³/mol. The summed E-state index contributed by atoms with van der Waals surface area (Å²) in [5.74, 6) is 0.512. The second kappa shape index (κ2) is 2.62. The third-order valence-corrected chi connectivity index (χ3v) is 1.26. The van der Waals surface area contributed by atoms with Crippen LogP contribution in [0.15, 0.2) is 12.4 Å². The molecular formula is C6H9FN2. The van der Waals surface area contributed by atoms with Crippen LogP contribution in [0.5, 0.6) is 0 Å². The van der Waals surface area contributed by atoms with E-state index in [0.717, 1.165) is 6.54 Å². The minimum Gasteiger partial charge on any atom is -0.333 e. The molecule has 0 radical (unpaired) electrons. The van der Waals surface area contributed by atoms with Gasteiger partial charge in [0.15, 0.2) is 0 Å². The van der Waals surface area contributed by atoms with Crippen LogP contribution in [0.3, 0.4) is 0 Å². The van der Waals surface area contributed by atoms with Gasteiger partial charge in [-0.05, 0) is 6.92 Å². The van der Waals surface area contributed by atoms with Gasteiger partial charge in [-0.1, -0.05) is 0 Å². The van der Waals surface area contributed by atoms with Crippen molar-refractivity contribution >= 4 is 0 Å². The Morgan fingerprint density at radius 2 is 2.56 bits per heavy atom. The molecular weight excluding hydrogens is 119 g/mol. The van der Waals surface area contributed by atoms with E-state index in [4.69, 9.17) is 0 Å². The van der Waals surface area contributed by atoms with Crippen molar-refractivity contribution in [1.82, 2.24) is 9.55 Å². The first-order valence-corrected chi connectivity index (χ1v) is 2.94. The minimum absolute atomic E-state index is 0.471. The van der Waals surface area contributed by atoms with Crippen molar-refractivity contribution in [3.63, 3.8) is 0 Å². The van der Waals surface area contributed by atoms with Gasteiger partial charge in [0.05, 0.1) is 0 Å². The number of alkyl halides is 1. The molecule has 1 rings (SSSR count). The highest BCUT2D eigenvalue weighted by Gasteiger charge is 1.96. The molecule has 0 N–H and O–H groups in total. The Kier molecular flexibility index (Phi) is 1.82. The predicted octanol–water partition coefficient (Wildman–Crippen LogP) is 1.37. The molecule has 9 heavy (non-hydrogen) atoms. The molecule has 3 heteroatoms. The summed E-state index contributed by atoms with van der Waals surface area (Å²) in [5.41, 5.74) is 0. The van der Waals surface area contributed by atoms with Crippen molar-refractivity contribution in [2.24, 2.45) is 0 Å². The lowest BCUT2D eigenvalue weighted by Crippen LogP contribution is -1.97. The molecule has 0 saturated carbocycles. The van der Waals surface area contributed by atoms with Gasteiger partial charge in [0.2, 0.25) is 0 Å². The average Bonchev–Trinajstić information content (AvgIpc) is 2.33. The van der Waals surface area contributed by atoms with Gasteiger partial charge in [-0.15, -0.1) is 0 Å². The molecule has 0 aliphatic carbocycles. The van der Waals surface area contributed by atoms with Crippen molar-refractivity contribution in [2.45, 2.75) is 20.1 Å². The number of hydrogen-bond donors (Lipinski definition) is 0. The highest BCUT2D eigenvalue weighted by atomic mass is 19.1. The second-order valence-electron chi connectivity index (χ2n) is 1.76. The first-order chi connectivity index (χ1) is 4.38. The Bertz CT molecular complexity index is 164. The highest BCUT2D eigenvalue weighted by molar-refractivity contribution is 4.89. The number of aryl methyl sites for hydroxylation is 1. The molecule has 0 atom stereocenters. The van der Waals surface area contributed by atoms with E-state index in [2.05, 4.69) is 4.98 Å². The van der Waals surface area contributed by atoms with E-state index >= 15 is 0 Å². The molecule has 1 heterocycles. The molecule has 1 aromatic heterocycles. The van der Waals surface area contributed by atoms with E-state index in [1.54, 1.807) is 17.0 Å². The lowest BCUT2D eigenvalue weighted by molar-refractivity contribution is 0.449. The number of hydrogen-bond acceptors (Lipinski definition) is 1. The van der Waals surface area contributed by atoms with E-state index in [1.807, 2.05) is 6.92 Å². The summed E-state index contributed by atoms with van der Waals surface area (Å²) in [7, 11) is 0. The molecule has 0 aliphatic rings. The van der Waals surface area contributed by atoms with Crippen LogP contribution < -0.4 is 0 Å². The number of aromatic nitrogens is 2. The number of rotatable bonds is 2. The van der Waals surface area contributed by atoms with Gasteiger partial charge in [0.25, 0.3) is 0 Å². The van der Waals surface area contributed by atoms with Crippen LogP contribution in [-0.2, 0) is 13.2 Å². The largest absolute Gasteiger partial charge is 0.333 e. The average molecular weight is 128 g/mol. The minimum atomic E-state index is -0.471. The van der Waals surface area contributed by atoms with Crippen LogP contribution >= 0.6 is 0 Å². The summed E-state index contributed by atoms with van der Waals surface area (Å²) in [5, 5.41) is 0. The van der Waals surface area contributed by atoms with Gasteiger partial charge in [-0.25, -0.2) is 9.37 Å². The Labute approximate surface area is 53.3 Å². The first kappa shape index (κ1) is 6.26. The van der Waals surface area contributed by atoms with E-state index in [0.29, 0.717) is 5.82 Å². The van der Waals surface area contributed by atoms with E-state index in [1.165, 1.54) is 0 Å². The first-order valence-electron chi connectivity index (χ1n) is 2.94. The number of halogens is 1. The molecule has 0 aromatic carbocycles.